The lowest BCUT2D eigenvalue weighted by atomic mass is 10.2. The molecular weight excluding hydrogens is 396 g/mol. The van der Waals surface area contributed by atoms with Crippen molar-refractivity contribution in [2.45, 2.75) is 31.5 Å². The number of amides is 2. The molecule has 3 N–H and O–H groups in total. The summed E-state index contributed by atoms with van der Waals surface area (Å²) in [7, 11) is 0. The summed E-state index contributed by atoms with van der Waals surface area (Å²) in [5, 5.41) is 5.86. The number of nitrogens with two attached hydrogens (primary N) is 1. The second kappa shape index (κ2) is 8.57. The molecule has 2 aromatic heterocycles. The van der Waals surface area contributed by atoms with Gasteiger partial charge in [-0.05, 0) is 36.9 Å². The van der Waals surface area contributed by atoms with E-state index in [9.17, 15) is 14.4 Å². The zero-order valence-corrected chi connectivity index (χ0v) is 17.1. The van der Waals surface area contributed by atoms with E-state index in [4.69, 9.17) is 5.73 Å². The third kappa shape index (κ3) is 4.10. The van der Waals surface area contributed by atoms with Crippen LogP contribution in [-0.2, 0) is 4.79 Å². The number of hydrogen-bond donors (Lipinski definition) is 2. The van der Waals surface area contributed by atoms with Crippen LogP contribution in [0.1, 0.15) is 36.7 Å². The van der Waals surface area contributed by atoms with Crippen molar-refractivity contribution in [3.63, 3.8) is 0 Å². The first-order valence-corrected chi connectivity index (χ1v) is 10.6. The Morgan fingerprint density at radius 2 is 2.07 bits per heavy atom. The topological polar surface area (TPSA) is 107 Å². The van der Waals surface area contributed by atoms with Crippen LogP contribution in [0.4, 0.5) is 5.00 Å². The molecule has 0 saturated heterocycles. The van der Waals surface area contributed by atoms with Crippen molar-refractivity contribution in [1.29, 1.82) is 0 Å². The lowest BCUT2D eigenvalue weighted by Crippen LogP contribution is -2.26. The van der Waals surface area contributed by atoms with Gasteiger partial charge in [0.05, 0.1) is 22.2 Å². The third-order valence-corrected chi connectivity index (χ3v) is 6.11. The maximum Gasteiger partial charge on any atom is 0.262 e. The number of rotatable bonds is 7. The summed E-state index contributed by atoms with van der Waals surface area (Å²) in [5.41, 5.74) is 6.07. The first kappa shape index (κ1) is 20.1. The Hall–Kier alpha value is -2.65. The number of carbonyl (C=O) groups excluding carboxylic acids is 2. The molecule has 9 heteroatoms. The summed E-state index contributed by atoms with van der Waals surface area (Å²) >= 11 is 2.42. The molecule has 0 fully saturated rings. The van der Waals surface area contributed by atoms with Gasteiger partial charge in [0.1, 0.15) is 5.00 Å². The fourth-order valence-corrected chi connectivity index (χ4v) is 4.40. The number of aromatic nitrogens is 2. The maximum atomic E-state index is 12.9. The predicted molar refractivity (Wildman–Crippen MR) is 113 cm³/mol. The van der Waals surface area contributed by atoms with E-state index in [2.05, 4.69) is 10.3 Å². The molecule has 0 radical (unpaired) electrons. The SMILES string of the molecule is CCC(C)n1c(SCC(=O)Nc2sccc2C(N)=O)nc2ccccc2c1=O. The Bertz CT molecular complexity index is 1090. The van der Waals surface area contributed by atoms with Crippen LogP contribution in [0.3, 0.4) is 0 Å². The first-order chi connectivity index (χ1) is 13.4. The Morgan fingerprint density at radius 3 is 2.79 bits per heavy atom. The van der Waals surface area contributed by atoms with Crippen molar-refractivity contribution < 1.29 is 9.59 Å². The van der Waals surface area contributed by atoms with Crippen molar-refractivity contribution in [3.05, 3.63) is 51.6 Å². The van der Waals surface area contributed by atoms with E-state index in [1.807, 2.05) is 26.0 Å². The number of nitrogens with one attached hydrogen (secondary N) is 1. The van der Waals surface area contributed by atoms with Crippen LogP contribution < -0.4 is 16.6 Å². The zero-order valence-electron chi connectivity index (χ0n) is 15.5. The number of fused-ring (bicyclic) bond motifs is 1. The fraction of sp³-hybridized carbons (Fsp3) is 0.263. The molecular formula is C19H20N4O3S2. The van der Waals surface area contributed by atoms with Gasteiger partial charge < -0.3 is 11.1 Å². The predicted octanol–water partition coefficient (Wildman–Crippen LogP) is 3.26. The number of nitrogens with zero attached hydrogens (tertiary/aromatic N) is 2. The minimum absolute atomic E-state index is 0.0473. The molecule has 0 aliphatic rings. The van der Waals surface area contributed by atoms with Gasteiger partial charge in [-0.1, -0.05) is 30.8 Å². The average Bonchev–Trinajstić information content (AvgIpc) is 3.14. The van der Waals surface area contributed by atoms with Crippen molar-refractivity contribution >= 4 is 50.8 Å². The number of benzene rings is 1. The van der Waals surface area contributed by atoms with Crippen LogP contribution in [0.2, 0.25) is 0 Å². The van der Waals surface area contributed by atoms with Crippen LogP contribution >= 0.6 is 23.1 Å². The van der Waals surface area contributed by atoms with E-state index in [0.717, 1.165) is 6.42 Å². The van der Waals surface area contributed by atoms with Crippen LogP contribution in [0, 0.1) is 0 Å². The lowest BCUT2D eigenvalue weighted by Gasteiger charge is -2.18. The van der Waals surface area contributed by atoms with Gasteiger partial charge in [-0.2, -0.15) is 0 Å². The Kier molecular flexibility index (Phi) is 6.15. The van der Waals surface area contributed by atoms with Crippen molar-refractivity contribution in [3.8, 4) is 0 Å². The molecule has 3 rings (SSSR count). The summed E-state index contributed by atoms with van der Waals surface area (Å²) in [6, 6.07) is 8.70. The number of thioether (sulfide) groups is 1. The van der Waals surface area contributed by atoms with Crippen molar-refractivity contribution in [2.75, 3.05) is 11.1 Å². The highest BCUT2D eigenvalue weighted by Gasteiger charge is 2.18. The largest absolute Gasteiger partial charge is 0.366 e. The Labute approximate surface area is 170 Å². The minimum Gasteiger partial charge on any atom is -0.366 e. The molecule has 1 unspecified atom stereocenters. The van der Waals surface area contributed by atoms with Gasteiger partial charge in [0.2, 0.25) is 5.91 Å². The number of hydrogen-bond acceptors (Lipinski definition) is 6. The Balaban J connectivity index is 1.85. The number of para-hydroxylation sites is 1. The number of thiophene rings is 1. The zero-order chi connectivity index (χ0) is 20.3. The van der Waals surface area contributed by atoms with Crippen LogP contribution in [0.5, 0.6) is 0 Å². The quantitative estimate of drug-likeness (QED) is 0.454. The summed E-state index contributed by atoms with van der Waals surface area (Å²) in [6.07, 6.45) is 0.761. The van der Waals surface area contributed by atoms with E-state index < -0.39 is 5.91 Å². The van der Waals surface area contributed by atoms with Gasteiger partial charge in [-0.3, -0.25) is 19.0 Å². The lowest BCUT2D eigenvalue weighted by molar-refractivity contribution is -0.113. The van der Waals surface area contributed by atoms with Crippen LogP contribution in [0.25, 0.3) is 10.9 Å². The molecule has 0 bridgehead atoms. The summed E-state index contributed by atoms with van der Waals surface area (Å²) in [4.78, 5) is 41.3. The number of carbonyl (C=O) groups is 2. The molecule has 0 spiro atoms. The maximum absolute atomic E-state index is 12.9. The molecule has 146 valence electrons. The highest BCUT2D eigenvalue weighted by molar-refractivity contribution is 7.99. The van der Waals surface area contributed by atoms with Crippen molar-refractivity contribution in [2.24, 2.45) is 5.73 Å². The minimum atomic E-state index is -0.592. The van der Waals surface area contributed by atoms with Crippen LogP contribution in [-0.4, -0.2) is 27.1 Å². The highest BCUT2D eigenvalue weighted by atomic mass is 32.2. The normalized spacial score (nSPS) is 12.1. The van der Waals surface area contributed by atoms with Gasteiger partial charge >= 0.3 is 0 Å². The van der Waals surface area contributed by atoms with E-state index in [0.29, 0.717) is 21.1 Å². The number of primary amides is 1. The first-order valence-electron chi connectivity index (χ1n) is 8.73. The van der Waals surface area contributed by atoms with Crippen LogP contribution in [0.15, 0.2) is 45.7 Å². The van der Waals surface area contributed by atoms with Gasteiger partial charge in [-0.25, -0.2) is 4.98 Å². The van der Waals surface area contributed by atoms with E-state index in [-0.39, 0.29) is 28.8 Å². The van der Waals surface area contributed by atoms with Gasteiger partial charge in [0.25, 0.3) is 11.5 Å². The molecule has 3 aromatic rings. The summed E-state index contributed by atoms with van der Waals surface area (Å²) < 4.78 is 1.64. The molecule has 2 heterocycles. The molecule has 0 aliphatic heterocycles. The summed E-state index contributed by atoms with van der Waals surface area (Å²) in [5.74, 6) is -0.837. The summed E-state index contributed by atoms with van der Waals surface area (Å²) in [6.45, 7) is 3.95. The second-order valence-electron chi connectivity index (χ2n) is 6.21. The monoisotopic (exact) mass is 416 g/mol. The second-order valence-corrected chi connectivity index (χ2v) is 8.07. The fourth-order valence-electron chi connectivity index (χ4n) is 2.69. The average molecular weight is 417 g/mol. The standard InChI is InChI=1S/C19H20N4O3S2/c1-3-11(2)23-18(26)12-6-4-5-7-14(12)21-19(23)28-10-15(24)22-17-13(16(20)25)8-9-27-17/h4-9,11H,3,10H2,1-2H3,(H2,20,25)(H,22,24). The van der Waals surface area contributed by atoms with Crippen molar-refractivity contribution in [1.82, 2.24) is 9.55 Å². The van der Waals surface area contributed by atoms with E-state index in [1.54, 1.807) is 28.1 Å². The molecule has 1 atom stereocenters. The van der Waals surface area contributed by atoms with Gasteiger partial charge in [0.15, 0.2) is 5.16 Å². The number of anilines is 1. The van der Waals surface area contributed by atoms with E-state index in [1.165, 1.54) is 23.1 Å². The molecule has 2 amide bonds. The molecule has 0 saturated carbocycles. The van der Waals surface area contributed by atoms with Gasteiger partial charge in [-0.15, -0.1) is 11.3 Å². The molecule has 0 aliphatic carbocycles. The Morgan fingerprint density at radius 1 is 1.32 bits per heavy atom. The van der Waals surface area contributed by atoms with E-state index >= 15 is 0 Å². The molecule has 28 heavy (non-hydrogen) atoms. The highest BCUT2D eigenvalue weighted by Crippen LogP contribution is 2.25. The molecule has 7 nitrogen and oxygen atoms in total. The molecule has 1 aromatic carbocycles. The smallest absolute Gasteiger partial charge is 0.262 e. The van der Waals surface area contributed by atoms with Gasteiger partial charge in [0, 0.05) is 6.04 Å². The third-order valence-electron chi connectivity index (χ3n) is 4.32.